The highest BCUT2D eigenvalue weighted by atomic mass is 35.5. The summed E-state index contributed by atoms with van der Waals surface area (Å²) in [5.41, 5.74) is -1.06. The average molecular weight is 330 g/mol. The van der Waals surface area contributed by atoms with Crippen LogP contribution < -0.4 is 10.6 Å². The molecule has 116 valence electrons. The van der Waals surface area contributed by atoms with Gasteiger partial charge in [-0.2, -0.15) is 23.3 Å². The molecule has 5 nitrogen and oxygen atoms in total. The van der Waals surface area contributed by atoms with Crippen molar-refractivity contribution in [3.8, 4) is 0 Å². The van der Waals surface area contributed by atoms with Gasteiger partial charge < -0.3 is 10.6 Å². The summed E-state index contributed by atoms with van der Waals surface area (Å²) in [5.74, 6) is 0.293. The second-order valence-electron chi connectivity index (χ2n) is 4.15. The monoisotopic (exact) mass is 329 g/mol. The molecule has 0 fully saturated rings. The SMILES string of the molecule is C=CCNc1nncc(Nc2ccc(Cl)cc2C(F)(F)F)n1. The molecular weight excluding hydrogens is 319 g/mol. The summed E-state index contributed by atoms with van der Waals surface area (Å²) in [7, 11) is 0. The predicted molar refractivity (Wildman–Crippen MR) is 78.3 cm³/mol. The van der Waals surface area contributed by atoms with Gasteiger partial charge in [-0.15, -0.1) is 11.7 Å². The van der Waals surface area contributed by atoms with Crippen LogP contribution in [0, 0.1) is 0 Å². The number of benzene rings is 1. The van der Waals surface area contributed by atoms with E-state index in [1.54, 1.807) is 6.08 Å². The topological polar surface area (TPSA) is 62.7 Å². The molecule has 0 aliphatic heterocycles. The number of halogens is 4. The number of hydrogen-bond donors (Lipinski definition) is 2. The third-order valence-electron chi connectivity index (χ3n) is 2.51. The minimum absolute atomic E-state index is 0.00738. The molecule has 0 bridgehead atoms. The van der Waals surface area contributed by atoms with Crippen molar-refractivity contribution in [2.45, 2.75) is 6.18 Å². The quantitative estimate of drug-likeness (QED) is 0.815. The second-order valence-corrected chi connectivity index (χ2v) is 4.58. The highest BCUT2D eigenvalue weighted by Crippen LogP contribution is 2.37. The summed E-state index contributed by atoms with van der Waals surface area (Å²) in [4.78, 5) is 4.01. The third kappa shape index (κ3) is 4.08. The predicted octanol–water partition coefficient (Wildman–Crippen LogP) is 3.89. The van der Waals surface area contributed by atoms with Crippen molar-refractivity contribution in [2.75, 3.05) is 17.2 Å². The summed E-state index contributed by atoms with van der Waals surface area (Å²) < 4.78 is 39.0. The van der Waals surface area contributed by atoms with Crippen molar-refractivity contribution in [2.24, 2.45) is 0 Å². The lowest BCUT2D eigenvalue weighted by Crippen LogP contribution is -2.10. The van der Waals surface area contributed by atoms with Gasteiger partial charge in [0, 0.05) is 11.6 Å². The van der Waals surface area contributed by atoms with Crippen molar-refractivity contribution in [3.05, 3.63) is 47.6 Å². The number of aromatic nitrogens is 3. The van der Waals surface area contributed by atoms with E-state index in [1.807, 2.05) is 0 Å². The van der Waals surface area contributed by atoms with E-state index in [0.29, 0.717) is 6.54 Å². The lowest BCUT2D eigenvalue weighted by Gasteiger charge is -2.14. The zero-order valence-electron chi connectivity index (χ0n) is 11.2. The molecule has 1 aromatic heterocycles. The normalized spacial score (nSPS) is 11.1. The van der Waals surface area contributed by atoms with Gasteiger partial charge in [0.2, 0.25) is 5.95 Å². The van der Waals surface area contributed by atoms with Crippen molar-refractivity contribution < 1.29 is 13.2 Å². The second kappa shape index (κ2) is 6.61. The highest BCUT2D eigenvalue weighted by molar-refractivity contribution is 6.30. The van der Waals surface area contributed by atoms with Gasteiger partial charge in [0.15, 0.2) is 5.82 Å². The van der Waals surface area contributed by atoms with E-state index >= 15 is 0 Å². The smallest absolute Gasteiger partial charge is 0.349 e. The van der Waals surface area contributed by atoms with Crippen LogP contribution >= 0.6 is 11.6 Å². The first-order valence-electron chi connectivity index (χ1n) is 6.08. The Morgan fingerprint density at radius 3 is 2.77 bits per heavy atom. The average Bonchev–Trinajstić information content (AvgIpc) is 2.46. The van der Waals surface area contributed by atoms with Gasteiger partial charge in [0.1, 0.15) is 0 Å². The van der Waals surface area contributed by atoms with E-state index in [4.69, 9.17) is 11.6 Å². The minimum atomic E-state index is -4.54. The Labute approximate surface area is 129 Å². The molecule has 2 aromatic rings. The minimum Gasteiger partial charge on any atom is -0.349 e. The Balaban J connectivity index is 2.29. The standard InChI is InChI=1S/C13H11ClF3N5/c1-2-5-18-12-21-11(7-19-22-12)20-10-4-3-8(14)6-9(10)13(15,16)17/h2-4,6-7H,1,5H2,(H2,18,20,21,22). The van der Waals surface area contributed by atoms with Gasteiger partial charge in [0.25, 0.3) is 0 Å². The van der Waals surface area contributed by atoms with Crippen LogP contribution in [0.15, 0.2) is 37.1 Å². The van der Waals surface area contributed by atoms with Crippen molar-refractivity contribution in [3.63, 3.8) is 0 Å². The van der Waals surface area contributed by atoms with Crippen LogP contribution in [-0.2, 0) is 6.18 Å². The van der Waals surface area contributed by atoms with Crippen LogP contribution in [0.4, 0.5) is 30.6 Å². The Hall–Kier alpha value is -2.35. The maximum Gasteiger partial charge on any atom is 0.418 e. The van der Waals surface area contributed by atoms with E-state index in [0.717, 1.165) is 6.07 Å². The van der Waals surface area contributed by atoms with Gasteiger partial charge in [-0.05, 0) is 18.2 Å². The first kappa shape index (κ1) is 16.0. The first-order valence-corrected chi connectivity index (χ1v) is 6.46. The van der Waals surface area contributed by atoms with E-state index in [1.165, 1.54) is 18.3 Å². The molecule has 0 radical (unpaired) electrons. The van der Waals surface area contributed by atoms with Crippen LogP contribution in [-0.4, -0.2) is 21.7 Å². The van der Waals surface area contributed by atoms with E-state index in [9.17, 15) is 13.2 Å². The maximum absolute atomic E-state index is 13.0. The van der Waals surface area contributed by atoms with Crippen molar-refractivity contribution in [1.82, 2.24) is 15.2 Å². The lowest BCUT2D eigenvalue weighted by atomic mass is 10.1. The largest absolute Gasteiger partial charge is 0.418 e. The number of alkyl halides is 3. The molecule has 2 N–H and O–H groups in total. The van der Waals surface area contributed by atoms with Crippen molar-refractivity contribution in [1.29, 1.82) is 0 Å². The Bertz CT molecular complexity index is 675. The molecule has 0 saturated heterocycles. The number of anilines is 3. The Morgan fingerprint density at radius 1 is 1.32 bits per heavy atom. The van der Waals surface area contributed by atoms with Gasteiger partial charge in [0.05, 0.1) is 17.4 Å². The fraction of sp³-hybridized carbons (Fsp3) is 0.154. The summed E-state index contributed by atoms with van der Waals surface area (Å²) in [5, 5.41) is 12.7. The Kier molecular flexibility index (Phi) is 4.81. The van der Waals surface area contributed by atoms with Gasteiger partial charge >= 0.3 is 6.18 Å². The van der Waals surface area contributed by atoms with Crippen molar-refractivity contribution >= 4 is 29.1 Å². The molecule has 0 aliphatic carbocycles. The molecule has 1 heterocycles. The van der Waals surface area contributed by atoms with Gasteiger partial charge in [-0.25, -0.2) is 0 Å². The van der Waals surface area contributed by atoms with E-state index < -0.39 is 11.7 Å². The fourth-order valence-electron chi connectivity index (χ4n) is 1.60. The summed E-state index contributed by atoms with van der Waals surface area (Å²) >= 11 is 5.62. The molecule has 2 rings (SSSR count). The molecule has 0 spiro atoms. The highest BCUT2D eigenvalue weighted by Gasteiger charge is 2.34. The van der Waals surface area contributed by atoms with E-state index in [2.05, 4.69) is 32.4 Å². The number of hydrogen-bond acceptors (Lipinski definition) is 5. The molecule has 0 aliphatic rings. The summed E-state index contributed by atoms with van der Waals surface area (Å²) in [6, 6.07) is 3.42. The van der Waals surface area contributed by atoms with E-state index in [-0.39, 0.29) is 22.5 Å². The number of rotatable bonds is 5. The molecule has 0 saturated carbocycles. The molecule has 22 heavy (non-hydrogen) atoms. The third-order valence-corrected chi connectivity index (χ3v) is 2.75. The summed E-state index contributed by atoms with van der Waals surface area (Å²) in [6.45, 7) is 3.92. The number of nitrogens with zero attached hydrogens (tertiary/aromatic N) is 3. The molecule has 9 heteroatoms. The van der Waals surface area contributed by atoms with Gasteiger partial charge in [-0.3, -0.25) is 0 Å². The summed E-state index contributed by atoms with van der Waals surface area (Å²) in [6.07, 6.45) is -1.74. The zero-order chi connectivity index (χ0) is 16.2. The molecular formula is C13H11ClF3N5. The van der Waals surface area contributed by atoms with Crippen LogP contribution in [0.5, 0.6) is 0 Å². The first-order chi connectivity index (χ1) is 10.4. The molecule has 0 unspecified atom stereocenters. The fourth-order valence-corrected chi connectivity index (χ4v) is 1.77. The molecule has 0 amide bonds. The molecule has 0 atom stereocenters. The lowest BCUT2D eigenvalue weighted by molar-refractivity contribution is -0.136. The van der Waals surface area contributed by atoms with Crippen LogP contribution in [0.25, 0.3) is 0 Å². The molecule has 1 aromatic carbocycles. The van der Waals surface area contributed by atoms with Crippen LogP contribution in [0.2, 0.25) is 5.02 Å². The van der Waals surface area contributed by atoms with Gasteiger partial charge in [-0.1, -0.05) is 17.7 Å². The zero-order valence-corrected chi connectivity index (χ0v) is 11.9. The van der Waals surface area contributed by atoms with Crippen LogP contribution in [0.1, 0.15) is 5.56 Å². The van der Waals surface area contributed by atoms with Crippen LogP contribution in [0.3, 0.4) is 0 Å². The number of nitrogens with one attached hydrogen (secondary N) is 2. The Morgan fingerprint density at radius 2 is 2.09 bits per heavy atom. The maximum atomic E-state index is 13.0.